The number of anilines is 1. The van der Waals surface area contributed by atoms with Gasteiger partial charge in [-0.25, -0.2) is 0 Å². The lowest BCUT2D eigenvalue weighted by Gasteiger charge is -2.02. The third-order valence-corrected chi connectivity index (χ3v) is 3.62. The molecule has 0 spiro atoms. The number of halogens is 1. The number of carbonyl (C=O) groups excluding carboxylic acids is 1. The first-order chi connectivity index (χ1) is 11.5. The summed E-state index contributed by atoms with van der Waals surface area (Å²) in [7, 11) is 0. The lowest BCUT2D eigenvalue weighted by molar-refractivity contribution is -0.384. The smallest absolute Gasteiger partial charge is 0.273 e. The second-order valence-electron chi connectivity index (χ2n) is 4.91. The lowest BCUT2D eigenvalue weighted by Crippen LogP contribution is -2.12. The number of nitrogens with zero attached hydrogens (tertiary/aromatic N) is 2. The molecule has 2 N–H and O–H groups in total. The van der Waals surface area contributed by atoms with Gasteiger partial charge in [0.25, 0.3) is 11.6 Å². The van der Waals surface area contributed by atoms with Crippen LogP contribution in [0.2, 0.25) is 5.02 Å². The molecule has 8 heteroatoms. The molecule has 2 aromatic carbocycles. The third-order valence-electron chi connectivity index (χ3n) is 3.29. The Morgan fingerprint density at radius 1 is 1.17 bits per heavy atom. The normalized spacial score (nSPS) is 10.4. The van der Waals surface area contributed by atoms with E-state index in [0.29, 0.717) is 22.0 Å². The van der Waals surface area contributed by atoms with Crippen LogP contribution >= 0.6 is 11.6 Å². The van der Waals surface area contributed by atoms with Gasteiger partial charge in [-0.3, -0.25) is 20.0 Å². The number of hydrogen-bond donors (Lipinski definition) is 2. The van der Waals surface area contributed by atoms with Crippen molar-refractivity contribution in [1.82, 2.24) is 10.2 Å². The number of carbonyl (C=O) groups is 1. The fourth-order valence-electron chi connectivity index (χ4n) is 2.14. The number of amides is 1. The lowest BCUT2D eigenvalue weighted by atomic mass is 10.1. The van der Waals surface area contributed by atoms with Crippen LogP contribution in [-0.4, -0.2) is 21.0 Å². The summed E-state index contributed by atoms with van der Waals surface area (Å²) in [5, 5.41) is 20.6. The Labute approximate surface area is 141 Å². The van der Waals surface area contributed by atoms with Crippen molar-refractivity contribution in [3.05, 3.63) is 75.4 Å². The maximum absolute atomic E-state index is 12.2. The molecule has 0 radical (unpaired) electrons. The summed E-state index contributed by atoms with van der Waals surface area (Å²) in [6.07, 6.45) is 0. The highest BCUT2D eigenvalue weighted by Crippen LogP contribution is 2.26. The maximum Gasteiger partial charge on any atom is 0.273 e. The van der Waals surface area contributed by atoms with E-state index in [1.165, 1.54) is 18.2 Å². The van der Waals surface area contributed by atoms with Crippen LogP contribution in [0.25, 0.3) is 11.3 Å². The van der Waals surface area contributed by atoms with Gasteiger partial charge in [-0.15, -0.1) is 0 Å². The van der Waals surface area contributed by atoms with Gasteiger partial charge in [-0.1, -0.05) is 35.9 Å². The van der Waals surface area contributed by atoms with Crippen LogP contribution in [0.5, 0.6) is 0 Å². The Morgan fingerprint density at radius 2 is 1.96 bits per heavy atom. The largest absolute Gasteiger partial charge is 0.320 e. The topological polar surface area (TPSA) is 101 Å². The molecule has 0 aliphatic rings. The summed E-state index contributed by atoms with van der Waals surface area (Å²) in [6.45, 7) is 0. The van der Waals surface area contributed by atoms with Crippen molar-refractivity contribution < 1.29 is 9.72 Å². The van der Waals surface area contributed by atoms with Gasteiger partial charge >= 0.3 is 0 Å². The van der Waals surface area contributed by atoms with Crippen LogP contribution in [0.1, 0.15) is 10.5 Å². The molecule has 24 heavy (non-hydrogen) atoms. The molecule has 0 fully saturated rings. The van der Waals surface area contributed by atoms with E-state index in [1.54, 1.807) is 30.3 Å². The van der Waals surface area contributed by atoms with E-state index < -0.39 is 10.8 Å². The van der Waals surface area contributed by atoms with E-state index >= 15 is 0 Å². The van der Waals surface area contributed by atoms with Crippen LogP contribution in [0.4, 0.5) is 11.4 Å². The highest BCUT2D eigenvalue weighted by Gasteiger charge is 2.14. The minimum absolute atomic E-state index is 0.103. The fraction of sp³-hybridized carbons (Fsp3) is 0. The molecule has 3 rings (SSSR count). The summed E-state index contributed by atoms with van der Waals surface area (Å²) in [4.78, 5) is 22.5. The molecular formula is C16H11ClN4O3. The van der Waals surface area contributed by atoms with E-state index in [1.807, 2.05) is 6.07 Å². The van der Waals surface area contributed by atoms with Gasteiger partial charge in [-0.2, -0.15) is 5.10 Å². The van der Waals surface area contributed by atoms with Crippen molar-refractivity contribution in [2.24, 2.45) is 0 Å². The van der Waals surface area contributed by atoms with Crippen LogP contribution in [0, 0.1) is 10.1 Å². The number of rotatable bonds is 4. The molecule has 1 aromatic heterocycles. The average molecular weight is 343 g/mol. The van der Waals surface area contributed by atoms with Crippen molar-refractivity contribution in [1.29, 1.82) is 0 Å². The highest BCUT2D eigenvalue weighted by atomic mass is 35.5. The van der Waals surface area contributed by atoms with Gasteiger partial charge in [0.1, 0.15) is 5.69 Å². The third kappa shape index (κ3) is 3.26. The molecule has 7 nitrogen and oxygen atoms in total. The quantitative estimate of drug-likeness (QED) is 0.554. The zero-order chi connectivity index (χ0) is 17.1. The zero-order valence-corrected chi connectivity index (χ0v) is 12.9. The second-order valence-corrected chi connectivity index (χ2v) is 5.32. The van der Waals surface area contributed by atoms with Crippen molar-refractivity contribution in [3.63, 3.8) is 0 Å². The predicted octanol–water partition coefficient (Wildman–Crippen LogP) is 3.89. The number of aromatic nitrogens is 2. The molecular weight excluding hydrogens is 332 g/mol. The molecule has 120 valence electrons. The van der Waals surface area contributed by atoms with E-state index in [-0.39, 0.29) is 11.4 Å². The van der Waals surface area contributed by atoms with Gasteiger partial charge in [0.2, 0.25) is 0 Å². The zero-order valence-electron chi connectivity index (χ0n) is 12.2. The summed E-state index contributed by atoms with van der Waals surface area (Å²) < 4.78 is 0. The Hall–Kier alpha value is -3.19. The standard InChI is InChI=1S/C16H11ClN4O3/c17-13-7-2-1-6-12(13)14-9-15(20-19-14)16(22)18-10-4-3-5-11(8-10)21(23)24/h1-9H,(H,18,22)(H,19,20). The number of benzene rings is 2. The van der Waals surface area contributed by atoms with Crippen LogP contribution in [0.3, 0.4) is 0 Å². The van der Waals surface area contributed by atoms with E-state index in [0.717, 1.165) is 0 Å². The summed E-state index contributed by atoms with van der Waals surface area (Å²) >= 11 is 6.11. The summed E-state index contributed by atoms with van der Waals surface area (Å²) in [5.74, 6) is -0.457. The molecule has 1 heterocycles. The van der Waals surface area contributed by atoms with Crippen LogP contribution in [0.15, 0.2) is 54.6 Å². The number of H-pyrrole nitrogens is 1. The second kappa shape index (κ2) is 6.51. The number of aromatic amines is 1. The Balaban J connectivity index is 1.81. The van der Waals surface area contributed by atoms with Gasteiger partial charge in [-0.05, 0) is 18.2 Å². The Bertz CT molecular complexity index is 923. The SMILES string of the molecule is O=C(Nc1cccc([N+](=O)[O-])c1)c1cc(-c2ccccc2Cl)n[nH]1. The first-order valence-electron chi connectivity index (χ1n) is 6.91. The molecule has 3 aromatic rings. The van der Waals surface area contributed by atoms with Crippen molar-refractivity contribution in [3.8, 4) is 11.3 Å². The van der Waals surface area contributed by atoms with Gasteiger partial charge < -0.3 is 5.32 Å². The molecule has 0 saturated heterocycles. The summed E-state index contributed by atoms with van der Waals surface area (Å²) in [5.41, 5.74) is 1.67. The van der Waals surface area contributed by atoms with E-state index in [2.05, 4.69) is 15.5 Å². The predicted molar refractivity (Wildman–Crippen MR) is 90.1 cm³/mol. The molecule has 0 aliphatic carbocycles. The van der Waals surface area contributed by atoms with Crippen molar-refractivity contribution >= 4 is 28.9 Å². The number of hydrogen-bond acceptors (Lipinski definition) is 4. The monoisotopic (exact) mass is 342 g/mol. The molecule has 0 atom stereocenters. The van der Waals surface area contributed by atoms with E-state index in [9.17, 15) is 14.9 Å². The van der Waals surface area contributed by atoms with Gasteiger partial charge in [0, 0.05) is 23.4 Å². The average Bonchev–Trinajstić information content (AvgIpc) is 3.05. The number of nitro groups is 1. The number of nitro benzene ring substituents is 1. The number of nitrogens with one attached hydrogen (secondary N) is 2. The minimum Gasteiger partial charge on any atom is -0.320 e. The Morgan fingerprint density at radius 3 is 2.71 bits per heavy atom. The summed E-state index contributed by atoms with van der Waals surface area (Å²) in [6, 6.07) is 14.4. The van der Waals surface area contributed by atoms with E-state index in [4.69, 9.17) is 11.6 Å². The fourth-order valence-corrected chi connectivity index (χ4v) is 2.37. The Kier molecular flexibility index (Phi) is 4.26. The van der Waals surface area contributed by atoms with Gasteiger partial charge in [0.15, 0.2) is 0 Å². The molecule has 1 amide bonds. The van der Waals surface area contributed by atoms with Crippen molar-refractivity contribution in [2.45, 2.75) is 0 Å². The van der Waals surface area contributed by atoms with Crippen LogP contribution in [-0.2, 0) is 0 Å². The molecule has 0 bridgehead atoms. The first kappa shape index (κ1) is 15.7. The first-order valence-corrected chi connectivity index (χ1v) is 7.28. The molecule has 0 unspecified atom stereocenters. The van der Waals surface area contributed by atoms with Crippen molar-refractivity contribution in [2.75, 3.05) is 5.32 Å². The highest BCUT2D eigenvalue weighted by molar-refractivity contribution is 6.33. The molecule has 0 saturated carbocycles. The minimum atomic E-state index is -0.526. The number of non-ortho nitro benzene ring substituents is 1. The van der Waals surface area contributed by atoms with Crippen LogP contribution < -0.4 is 5.32 Å². The maximum atomic E-state index is 12.2. The molecule has 0 aliphatic heterocycles. The van der Waals surface area contributed by atoms with Gasteiger partial charge in [0.05, 0.1) is 15.6 Å².